The molecule has 0 aliphatic rings. The van der Waals surface area contributed by atoms with Gasteiger partial charge < -0.3 is 4.90 Å². The predicted molar refractivity (Wildman–Crippen MR) is 64.8 cm³/mol. The van der Waals surface area contributed by atoms with Gasteiger partial charge in [0.2, 0.25) is 0 Å². The molecule has 0 heterocycles. The maximum Gasteiger partial charge on any atom is 0.158 e. The summed E-state index contributed by atoms with van der Waals surface area (Å²) in [6.07, 6.45) is 2.05. The number of benzene rings is 1. The van der Waals surface area contributed by atoms with E-state index in [1.807, 2.05) is 43.5 Å². The summed E-state index contributed by atoms with van der Waals surface area (Å²) < 4.78 is 0. The van der Waals surface area contributed by atoms with Crippen molar-refractivity contribution in [2.24, 2.45) is 4.99 Å². The fourth-order valence-electron chi connectivity index (χ4n) is 1.13. The normalized spacial score (nSPS) is 11.5. The molecule has 3 heteroatoms. The van der Waals surface area contributed by atoms with E-state index in [2.05, 4.69) is 17.1 Å². The third-order valence-corrected chi connectivity index (χ3v) is 2.66. The number of thioether (sulfide) groups is 1. The summed E-state index contributed by atoms with van der Waals surface area (Å²) in [5, 5.41) is 1.06. The van der Waals surface area contributed by atoms with Crippen molar-refractivity contribution in [3.8, 4) is 0 Å². The van der Waals surface area contributed by atoms with Crippen molar-refractivity contribution in [3.05, 3.63) is 35.9 Å². The Bertz CT molecular complexity index is 293. The quantitative estimate of drug-likeness (QED) is 0.548. The Balaban J connectivity index is 2.62. The van der Waals surface area contributed by atoms with Gasteiger partial charge in [-0.05, 0) is 11.8 Å². The summed E-state index contributed by atoms with van der Waals surface area (Å²) in [6, 6.07) is 10.3. The van der Waals surface area contributed by atoms with Gasteiger partial charge in [0, 0.05) is 14.1 Å². The number of nitrogens with zero attached hydrogens (tertiary/aromatic N) is 2. The number of hydrogen-bond donors (Lipinski definition) is 0. The fourth-order valence-corrected chi connectivity index (χ4v) is 1.69. The molecule has 0 aliphatic heterocycles. The van der Waals surface area contributed by atoms with E-state index >= 15 is 0 Å². The minimum atomic E-state index is 0.759. The van der Waals surface area contributed by atoms with Gasteiger partial charge in [-0.1, -0.05) is 42.1 Å². The standard InChI is InChI=1S/C11H16N2S/c1-13(2)11(14-3)12-9-10-7-5-4-6-8-10/h4-8H,9H2,1-3H3. The second-order valence-electron chi connectivity index (χ2n) is 3.18. The molecule has 0 atom stereocenters. The van der Waals surface area contributed by atoms with Crippen LogP contribution in [0.1, 0.15) is 5.56 Å². The van der Waals surface area contributed by atoms with Gasteiger partial charge >= 0.3 is 0 Å². The van der Waals surface area contributed by atoms with Gasteiger partial charge in [0.25, 0.3) is 0 Å². The molecular formula is C11H16N2S. The van der Waals surface area contributed by atoms with Crippen LogP contribution in [0.5, 0.6) is 0 Å². The summed E-state index contributed by atoms with van der Waals surface area (Å²) in [7, 11) is 4.03. The molecular weight excluding hydrogens is 192 g/mol. The Morgan fingerprint density at radius 1 is 1.29 bits per heavy atom. The molecule has 0 saturated heterocycles. The van der Waals surface area contributed by atoms with Gasteiger partial charge in [-0.25, -0.2) is 0 Å². The Morgan fingerprint density at radius 2 is 1.93 bits per heavy atom. The second kappa shape index (κ2) is 5.70. The first-order valence-corrected chi connectivity index (χ1v) is 5.76. The summed E-state index contributed by atoms with van der Waals surface area (Å²) in [4.78, 5) is 6.55. The third-order valence-electron chi connectivity index (χ3n) is 1.80. The third kappa shape index (κ3) is 3.42. The van der Waals surface area contributed by atoms with Gasteiger partial charge in [-0.15, -0.1) is 0 Å². The van der Waals surface area contributed by atoms with E-state index in [1.165, 1.54) is 5.56 Å². The van der Waals surface area contributed by atoms with Crippen LogP contribution in [0.15, 0.2) is 35.3 Å². The highest BCUT2D eigenvalue weighted by Crippen LogP contribution is 2.05. The zero-order valence-corrected chi connectivity index (χ0v) is 9.71. The minimum absolute atomic E-state index is 0.759. The highest BCUT2D eigenvalue weighted by Gasteiger charge is 1.98. The molecule has 0 aliphatic carbocycles. The average Bonchev–Trinajstić information content (AvgIpc) is 2.20. The van der Waals surface area contributed by atoms with Crippen LogP contribution in [0.4, 0.5) is 0 Å². The molecule has 2 nitrogen and oxygen atoms in total. The van der Waals surface area contributed by atoms with Gasteiger partial charge in [0.1, 0.15) is 0 Å². The zero-order valence-electron chi connectivity index (χ0n) is 8.90. The summed E-state index contributed by atoms with van der Waals surface area (Å²) >= 11 is 1.67. The number of aliphatic imine (C=N–C) groups is 1. The first kappa shape index (κ1) is 11.1. The summed E-state index contributed by atoms with van der Waals surface area (Å²) in [6.45, 7) is 0.759. The molecule has 1 aromatic carbocycles. The fraction of sp³-hybridized carbons (Fsp3) is 0.364. The van der Waals surface area contributed by atoms with Crippen LogP contribution >= 0.6 is 11.8 Å². The molecule has 76 valence electrons. The first-order valence-electron chi connectivity index (χ1n) is 4.53. The van der Waals surface area contributed by atoms with E-state index in [9.17, 15) is 0 Å². The van der Waals surface area contributed by atoms with E-state index < -0.39 is 0 Å². The number of amidine groups is 1. The molecule has 1 rings (SSSR count). The topological polar surface area (TPSA) is 15.6 Å². The average molecular weight is 208 g/mol. The Kier molecular flexibility index (Phi) is 4.53. The van der Waals surface area contributed by atoms with Crippen LogP contribution in [-0.4, -0.2) is 30.4 Å². The van der Waals surface area contributed by atoms with Crippen LogP contribution in [0.25, 0.3) is 0 Å². The van der Waals surface area contributed by atoms with Crippen LogP contribution in [-0.2, 0) is 6.54 Å². The largest absolute Gasteiger partial charge is 0.358 e. The lowest BCUT2D eigenvalue weighted by atomic mass is 10.2. The number of rotatable bonds is 2. The van der Waals surface area contributed by atoms with E-state index in [4.69, 9.17) is 0 Å². The number of hydrogen-bond acceptors (Lipinski definition) is 2. The van der Waals surface area contributed by atoms with Crippen molar-refractivity contribution in [3.63, 3.8) is 0 Å². The molecule has 0 radical (unpaired) electrons. The van der Waals surface area contributed by atoms with Crippen molar-refractivity contribution in [1.29, 1.82) is 0 Å². The van der Waals surface area contributed by atoms with Crippen LogP contribution in [0, 0.1) is 0 Å². The van der Waals surface area contributed by atoms with Crippen molar-refractivity contribution < 1.29 is 0 Å². The molecule has 0 N–H and O–H groups in total. The Morgan fingerprint density at radius 3 is 2.43 bits per heavy atom. The Hall–Kier alpha value is -0.960. The SMILES string of the molecule is CSC(=NCc1ccccc1)N(C)C. The molecule has 0 unspecified atom stereocenters. The van der Waals surface area contributed by atoms with E-state index in [-0.39, 0.29) is 0 Å². The smallest absolute Gasteiger partial charge is 0.158 e. The monoisotopic (exact) mass is 208 g/mol. The van der Waals surface area contributed by atoms with Crippen molar-refractivity contribution in [2.75, 3.05) is 20.4 Å². The highest BCUT2D eigenvalue weighted by atomic mass is 32.2. The van der Waals surface area contributed by atoms with Gasteiger partial charge in [0.05, 0.1) is 6.54 Å². The van der Waals surface area contributed by atoms with E-state index in [0.29, 0.717) is 0 Å². The summed E-state index contributed by atoms with van der Waals surface area (Å²) in [5.74, 6) is 0. The molecule has 14 heavy (non-hydrogen) atoms. The van der Waals surface area contributed by atoms with Crippen LogP contribution in [0.2, 0.25) is 0 Å². The van der Waals surface area contributed by atoms with Crippen LogP contribution < -0.4 is 0 Å². The van der Waals surface area contributed by atoms with Crippen molar-refractivity contribution >= 4 is 16.9 Å². The molecule has 0 amide bonds. The lowest BCUT2D eigenvalue weighted by molar-refractivity contribution is 0.632. The molecule has 0 saturated carbocycles. The predicted octanol–water partition coefficient (Wildman–Crippen LogP) is 2.47. The summed E-state index contributed by atoms with van der Waals surface area (Å²) in [5.41, 5.74) is 1.25. The molecule has 0 aromatic heterocycles. The van der Waals surface area contributed by atoms with Crippen LogP contribution in [0.3, 0.4) is 0 Å². The molecule has 0 fully saturated rings. The van der Waals surface area contributed by atoms with Gasteiger partial charge in [-0.3, -0.25) is 4.99 Å². The minimum Gasteiger partial charge on any atom is -0.358 e. The molecule has 0 spiro atoms. The maximum atomic E-state index is 4.52. The maximum absolute atomic E-state index is 4.52. The van der Waals surface area contributed by atoms with Gasteiger partial charge in [-0.2, -0.15) is 0 Å². The first-order chi connectivity index (χ1) is 6.74. The Labute approximate surface area is 90.0 Å². The van der Waals surface area contributed by atoms with E-state index in [0.717, 1.165) is 11.7 Å². The second-order valence-corrected chi connectivity index (χ2v) is 3.96. The molecule has 0 bridgehead atoms. The van der Waals surface area contributed by atoms with Crippen molar-refractivity contribution in [2.45, 2.75) is 6.54 Å². The lowest BCUT2D eigenvalue weighted by Gasteiger charge is -2.12. The highest BCUT2D eigenvalue weighted by molar-refractivity contribution is 8.13. The van der Waals surface area contributed by atoms with Gasteiger partial charge in [0.15, 0.2) is 5.17 Å². The zero-order chi connectivity index (χ0) is 10.4. The van der Waals surface area contributed by atoms with Crippen molar-refractivity contribution in [1.82, 2.24) is 4.90 Å². The van der Waals surface area contributed by atoms with E-state index in [1.54, 1.807) is 11.8 Å². The lowest BCUT2D eigenvalue weighted by Crippen LogP contribution is -2.18. The molecule has 1 aromatic rings.